The minimum Gasteiger partial charge on any atom is -0.377 e. The van der Waals surface area contributed by atoms with Crippen LogP contribution in [0.5, 0.6) is 0 Å². The van der Waals surface area contributed by atoms with E-state index in [-0.39, 0.29) is 5.41 Å². The van der Waals surface area contributed by atoms with Crippen LogP contribution in [0.1, 0.15) is 27.2 Å². The molecule has 3 atom stereocenters. The number of hydrogen-bond donors (Lipinski definition) is 3. The average molecular weight is 332 g/mol. The van der Waals surface area contributed by atoms with Crippen molar-refractivity contribution in [3.05, 3.63) is 0 Å². The summed E-state index contributed by atoms with van der Waals surface area (Å²) in [6, 6.07) is 0.334. The molecule has 2 rings (SSSR count). The first-order valence-electron chi connectivity index (χ1n) is 7.87. The second-order valence-electron chi connectivity index (χ2n) is 6.61. The number of rotatable bonds is 6. The number of aliphatic imine (C=N–C) groups is 1. The summed E-state index contributed by atoms with van der Waals surface area (Å²) in [7, 11) is -3.16. The summed E-state index contributed by atoms with van der Waals surface area (Å²) in [6.07, 6.45) is 2.57. The van der Waals surface area contributed by atoms with Gasteiger partial charge in [0.1, 0.15) is 0 Å². The Labute approximate surface area is 133 Å². The molecule has 1 aliphatic heterocycles. The van der Waals surface area contributed by atoms with Gasteiger partial charge < -0.3 is 15.4 Å². The molecule has 0 bridgehead atoms. The third kappa shape index (κ3) is 3.91. The lowest BCUT2D eigenvalue weighted by molar-refractivity contribution is -0.106. The number of nitrogens with one attached hydrogen (secondary N) is 3. The van der Waals surface area contributed by atoms with Gasteiger partial charge in [0.25, 0.3) is 0 Å². The van der Waals surface area contributed by atoms with Gasteiger partial charge >= 0.3 is 0 Å². The maximum atomic E-state index is 11.0. The van der Waals surface area contributed by atoms with Crippen LogP contribution in [0.15, 0.2) is 4.99 Å². The molecule has 1 saturated heterocycles. The Morgan fingerprint density at radius 1 is 1.41 bits per heavy atom. The molecule has 0 amide bonds. The summed E-state index contributed by atoms with van der Waals surface area (Å²) in [4.78, 5) is 4.44. The summed E-state index contributed by atoms with van der Waals surface area (Å²) in [5.74, 6) is 1.27. The molecule has 128 valence electrons. The molecule has 3 unspecified atom stereocenters. The summed E-state index contributed by atoms with van der Waals surface area (Å²) in [5, 5.41) is 6.71. The molecule has 1 saturated carbocycles. The van der Waals surface area contributed by atoms with Gasteiger partial charge in [-0.15, -0.1) is 0 Å². The molecule has 0 radical (unpaired) electrons. The second-order valence-corrected chi connectivity index (χ2v) is 8.45. The lowest BCUT2D eigenvalue weighted by Crippen LogP contribution is -2.68. The van der Waals surface area contributed by atoms with E-state index < -0.39 is 10.0 Å². The van der Waals surface area contributed by atoms with Crippen LogP contribution in [0.4, 0.5) is 0 Å². The second kappa shape index (κ2) is 6.72. The van der Waals surface area contributed by atoms with Crippen molar-refractivity contribution >= 4 is 16.0 Å². The van der Waals surface area contributed by atoms with Gasteiger partial charge in [-0.05, 0) is 13.3 Å². The van der Waals surface area contributed by atoms with E-state index in [1.807, 2.05) is 6.92 Å². The molecule has 0 aromatic carbocycles. The van der Waals surface area contributed by atoms with Crippen molar-refractivity contribution in [2.24, 2.45) is 16.3 Å². The fourth-order valence-electron chi connectivity index (χ4n) is 3.48. The highest BCUT2D eigenvalue weighted by Gasteiger charge is 2.59. The van der Waals surface area contributed by atoms with Crippen LogP contribution in [-0.4, -0.2) is 59.0 Å². The van der Waals surface area contributed by atoms with E-state index in [4.69, 9.17) is 4.74 Å². The third-order valence-electron chi connectivity index (χ3n) is 4.48. The van der Waals surface area contributed by atoms with Crippen LogP contribution in [0.25, 0.3) is 0 Å². The normalized spacial score (nSPS) is 30.5. The molecule has 2 fully saturated rings. The molecule has 1 heterocycles. The van der Waals surface area contributed by atoms with Gasteiger partial charge in [0.05, 0.1) is 18.9 Å². The first kappa shape index (κ1) is 17.5. The SMILES string of the molecule is CCNC(=NCCNS(C)(=O)=O)NC1C2CCOC2C1(C)C. The van der Waals surface area contributed by atoms with Gasteiger partial charge in [-0.25, -0.2) is 13.1 Å². The van der Waals surface area contributed by atoms with E-state index in [1.54, 1.807) is 0 Å². The standard InChI is InChI=1S/C14H28N4O3S/c1-5-15-13(16-7-8-17-22(4,19)20)18-11-10-6-9-21-12(10)14(11,2)3/h10-12,17H,5-9H2,1-4H3,(H2,15,16,18). The Bertz CT molecular complexity index is 518. The quantitative estimate of drug-likeness (QED) is 0.359. The van der Waals surface area contributed by atoms with E-state index in [2.05, 4.69) is 34.2 Å². The Hall–Kier alpha value is -0.860. The van der Waals surface area contributed by atoms with Crippen LogP contribution in [0.3, 0.4) is 0 Å². The fourth-order valence-corrected chi connectivity index (χ4v) is 3.95. The number of guanidine groups is 1. The predicted molar refractivity (Wildman–Crippen MR) is 87.4 cm³/mol. The third-order valence-corrected chi connectivity index (χ3v) is 5.21. The zero-order chi connectivity index (χ0) is 16.4. The van der Waals surface area contributed by atoms with Gasteiger partial charge in [0.2, 0.25) is 10.0 Å². The highest BCUT2D eigenvalue weighted by molar-refractivity contribution is 7.88. The zero-order valence-electron chi connectivity index (χ0n) is 13.8. The highest BCUT2D eigenvalue weighted by atomic mass is 32.2. The fraction of sp³-hybridized carbons (Fsp3) is 0.929. The molecular formula is C14H28N4O3S. The lowest BCUT2D eigenvalue weighted by Gasteiger charge is -2.54. The number of sulfonamides is 1. The van der Waals surface area contributed by atoms with Gasteiger partial charge in [-0.2, -0.15) is 0 Å². The summed E-state index contributed by atoms with van der Waals surface area (Å²) in [6.45, 7) is 8.75. The summed E-state index contributed by atoms with van der Waals surface area (Å²) < 4.78 is 30.3. The van der Waals surface area contributed by atoms with Crippen LogP contribution in [0.2, 0.25) is 0 Å². The smallest absolute Gasteiger partial charge is 0.208 e. The van der Waals surface area contributed by atoms with E-state index in [1.165, 1.54) is 0 Å². The van der Waals surface area contributed by atoms with Crippen LogP contribution in [0, 0.1) is 11.3 Å². The maximum Gasteiger partial charge on any atom is 0.208 e. The largest absolute Gasteiger partial charge is 0.377 e. The van der Waals surface area contributed by atoms with Gasteiger partial charge in [0.15, 0.2) is 5.96 Å². The van der Waals surface area contributed by atoms with E-state index in [0.29, 0.717) is 31.2 Å². The Morgan fingerprint density at radius 3 is 2.77 bits per heavy atom. The Morgan fingerprint density at radius 2 is 2.14 bits per heavy atom. The molecule has 8 heteroatoms. The minimum atomic E-state index is -3.16. The van der Waals surface area contributed by atoms with Crippen molar-refractivity contribution in [2.45, 2.75) is 39.3 Å². The van der Waals surface area contributed by atoms with Gasteiger partial charge in [-0.3, -0.25) is 4.99 Å². The van der Waals surface area contributed by atoms with Crippen LogP contribution < -0.4 is 15.4 Å². The van der Waals surface area contributed by atoms with Gasteiger partial charge in [0, 0.05) is 37.1 Å². The first-order chi connectivity index (χ1) is 10.3. The number of ether oxygens (including phenoxy) is 1. The minimum absolute atomic E-state index is 0.0857. The van der Waals surface area contributed by atoms with Crippen molar-refractivity contribution in [2.75, 3.05) is 32.5 Å². The molecule has 7 nitrogen and oxygen atoms in total. The molecule has 0 aromatic heterocycles. The van der Waals surface area contributed by atoms with Crippen molar-refractivity contribution in [1.29, 1.82) is 0 Å². The van der Waals surface area contributed by atoms with Crippen molar-refractivity contribution < 1.29 is 13.2 Å². The molecule has 0 aromatic rings. The molecule has 0 spiro atoms. The first-order valence-corrected chi connectivity index (χ1v) is 9.76. The van der Waals surface area contributed by atoms with E-state index >= 15 is 0 Å². The Balaban J connectivity index is 1.91. The van der Waals surface area contributed by atoms with Crippen molar-refractivity contribution in [3.8, 4) is 0 Å². The summed E-state index contributed by atoms with van der Waals surface area (Å²) in [5.41, 5.74) is 0.0857. The topological polar surface area (TPSA) is 91.8 Å². The Kier molecular flexibility index (Phi) is 5.34. The number of nitrogens with zero attached hydrogens (tertiary/aromatic N) is 1. The van der Waals surface area contributed by atoms with Gasteiger partial charge in [-0.1, -0.05) is 13.8 Å². The van der Waals surface area contributed by atoms with Crippen LogP contribution >= 0.6 is 0 Å². The van der Waals surface area contributed by atoms with E-state index in [0.717, 1.165) is 31.8 Å². The van der Waals surface area contributed by atoms with Crippen molar-refractivity contribution in [1.82, 2.24) is 15.4 Å². The molecule has 22 heavy (non-hydrogen) atoms. The molecule has 1 aliphatic carbocycles. The number of fused-ring (bicyclic) bond motifs is 1. The molecular weight excluding hydrogens is 304 g/mol. The summed E-state index contributed by atoms with van der Waals surface area (Å²) >= 11 is 0. The molecule has 2 aliphatic rings. The van der Waals surface area contributed by atoms with E-state index in [9.17, 15) is 8.42 Å². The average Bonchev–Trinajstić information content (AvgIpc) is 2.86. The predicted octanol–water partition coefficient (Wildman–Crippen LogP) is -0.0958. The van der Waals surface area contributed by atoms with Crippen molar-refractivity contribution in [3.63, 3.8) is 0 Å². The van der Waals surface area contributed by atoms with Crippen LogP contribution in [-0.2, 0) is 14.8 Å². The zero-order valence-corrected chi connectivity index (χ0v) is 14.7. The maximum absolute atomic E-state index is 11.0. The molecule has 3 N–H and O–H groups in total. The highest BCUT2D eigenvalue weighted by Crippen LogP contribution is 2.51. The lowest BCUT2D eigenvalue weighted by atomic mass is 9.57. The monoisotopic (exact) mass is 332 g/mol. The number of hydrogen-bond acceptors (Lipinski definition) is 4.